The van der Waals surface area contributed by atoms with Gasteiger partial charge in [-0.2, -0.15) is 5.10 Å². The first-order valence-corrected chi connectivity index (χ1v) is 4.52. The minimum Gasteiger partial charge on any atom is -0.382 e. The van der Waals surface area contributed by atoms with Crippen LogP contribution in [0, 0.1) is 6.92 Å². The number of aromatic nitrogens is 2. The molecule has 1 aliphatic rings. The molecular formula is C9H15N3O. The molecule has 1 unspecified atom stereocenters. The smallest absolute Gasteiger partial charge is 0.148 e. The summed E-state index contributed by atoms with van der Waals surface area (Å²) in [4.78, 5) is 0. The van der Waals surface area contributed by atoms with Crippen LogP contribution < -0.4 is 5.73 Å². The lowest BCUT2D eigenvalue weighted by molar-refractivity contribution is 0.180. The van der Waals surface area contributed by atoms with Gasteiger partial charge in [0.05, 0.1) is 6.61 Å². The maximum Gasteiger partial charge on any atom is 0.148 e. The standard InChI is InChI=1S/C9H15N3O/c1-6-7(11-12-8(6)10)9(2)3-4-13-5-9/h3-5H2,1-2H3,(H3,10,11,12). The monoisotopic (exact) mass is 181 g/mol. The van der Waals surface area contributed by atoms with E-state index in [0.717, 1.165) is 30.9 Å². The Hall–Kier alpha value is -1.03. The van der Waals surface area contributed by atoms with E-state index in [2.05, 4.69) is 17.1 Å². The molecule has 0 amide bonds. The molecule has 1 fully saturated rings. The Balaban J connectivity index is 2.39. The van der Waals surface area contributed by atoms with Crippen LogP contribution in [-0.2, 0) is 10.2 Å². The Morgan fingerprint density at radius 1 is 1.62 bits per heavy atom. The molecule has 3 N–H and O–H groups in total. The van der Waals surface area contributed by atoms with Crippen molar-refractivity contribution in [2.24, 2.45) is 0 Å². The Kier molecular flexibility index (Phi) is 1.80. The molecule has 0 saturated carbocycles. The summed E-state index contributed by atoms with van der Waals surface area (Å²) >= 11 is 0. The summed E-state index contributed by atoms with van der Waals surface area (Å²) in [6, 6.07) is 0. The van der Waals surface area contributed by atoms with Crippen LogP contribution in [0.2, 0.25) is 0 Å². The van der Waals surface area contributed by atoms with E-state index in [9.17, 15) is 0 Å². The second kappa shape index (κ2) is 2.73. The lowest BCUT2D eigenvalue weighted by Crippen LogP contribution is -2.23. The van der Waals surface area contributed by atoms with E-state index in [4.69, 9.17) is 10.5 Å². The van der Waals surface area contributed by atoms with Gasteiger partial charge in [0, 0.05) is 23.3 Å². The quantitative estimate of drug-likeness (QED) is 0.678. The number of nitrogens with one attached hydrogen (secondary N) is 1. The van der Waals surface area contributed by atoms with Crippen molar-refractivity contribution in [2.45, 2.75) is 25.7 Å². The molecule has 0 bridgehead atoms. The van der Waals surface area contributed by atoms with Crippen LogP contribution in [0.25, 0.3) is 0 Å². The molecule has 72 valence electrons. The molecule has 0 aliphatic carbocycles. The largest absolute Gasteiger partial charge is 0.382 e. The number of ether oxygens (including phenoxy) is 1. The van der Waals surface area contributed by atoms with Crippen molar-refractivity contribution in [3.63, 3.8) is 0 Å². The highest BCUT2D eigenvalue weighted by Gasteiger charge is 2.35. The van der Waals surface area contributed by atoms with Gasteiger partial charge in [0.15, 0.2) is 0 Å². The van der Waals surface area contributed by atoms with E-state index < -0.39 is 0 Å². The fraction of sp³-hybridized carbons (Fsp3) is 0.667. The Bertz CT molecular complexity index is 313. The number of aromatic amines is 1. The number of hydrogen-bond donors (Lipinski definition) is 2. The predicted octanol–water partition coefficient (Wildman–Crippen LogP) is 0.978. The summed E-state index contributed by atoms with van der Waals surface area (Å²) in [5, 5.41) is 7.00. The highest BCUT2D eigenvalue weighted by atomic mass is 16.5. The second-order valence-corrected chi connectivity index (χ2v) is 3.97. The fourth-order valence-corrected chi connectivity index (χ4v) is 1.86. The van der Waals surface area contributed by atoms with Crippen molar-refractivity contribution in [1.29, 1.82) is 0 Å². The molecule has 2 heterocycles. The number of nitrogens with two attached hydrogens (primary N) is 1. The number of nitrogens with zero attached hydrogens (tertiary/aromatic N) is 1. The van der Waals surface area contributed by atoms with Gasteiger partial charge in [-0.1, -0.05) is 6.92 Å². The van der Waals surface area contributed by atoms with E-state index in [0.29, 0.717) is 5.82 Å². The topological polar surface area (TPSA) is 63.9 Å². The molecule has 4 nitrogen and oxygen atoms in total. The van der Waals surface area contributed by atoms with E-state index in [1.807, 2.05) is 6.92 Å². The van der Waals surface area contributed by atoms with Crippen LogP contribution >= 0.6 is 0 Å². The summed E-state index contributed by atoms with van der Waals surface area (Å²) < 4.78 is 5.39. The van der Waals surface area contributed by atoms with Gasteiger partial charge in [-0.3, -0.25) is 5.10 Å². The van der Waals surface area contributed by atoms with Gasteiger partial charge in [0.2, 0.25) is 0 Å². The van der Waals surface area contributed by atoms with Gasteiger partial charge in [-0.15, -0.1) is 0 Å². The molecule has 0 aromatic carbocycles. The van der Waals surface area contributed by atoms with Crippen molar-refractivity contribution < 1.29 is 4.74 Å². The molecule has 0 radical (unpaired) electrons. The van der Waals surface area contributed by atoms with Crippen molar-refractivity contribution in [3.05, 3.63) is 11.3 Å². The Morgan fingerprint density at radius 3 is 2.85 bits per heavy atom. The van der Waals surface area contributed by atoms with Crippen molar-refractivity contribution in [3.8, 4) is 0 Å². The Labute approximate surface area is 77.5 Å². The van der Waals surface area contributed by atoms with Gasteiger partial charge in [-0.25, -0.2) is 0 Å². The normalized spacial score (nSPS) is 28.2. The molecule has 13 heavy (non-hydrogen) atoms. The van der Waals surface area contributed by atoms with Crippen LogP contribution in [-0.4, -0.2) is 23.4 Å². The molecule has 1 atom stereocenters. The first-order chi connectivity index (χ1) is 6.13. The second-order valence-electron chi connectivity index (χ2n) is 3.97. The van der Waals surface area contributed by atoms with Gasteiger partial charge in [0.1, 0.15) is 5.82 Å². The van der Waals surface area contributed by atoms with E-state index in [-0.39, 0.29) is 5.41 Å². The number of nitrogen functional groups attached to an aromatic ring is 1. The van der Waals surface area contributed by atoms with Crippen molar-refractivity contribution in [1.82, 2.24) is 10.2 Å². The molecule has 1 aromatic rings. The third-order valence-electron chi connectivity index (χ3n) is 2.87. The third-order valence-corrected chi connectivity index (χ3v) is 2.87. The summed E-state index contributed by atoms with van der Waals surface area (Å²) in [6.45, 7) is 5.77. The van der Waals surface area contributed by atoms with E-state index >= 15 is 0 Å². The van der Waals surface area contributed by atoms with E-state index in [1.54, 1.807) is 0 Å². The van der Waals surface area contributed by atoms with Crippen LogP contribution in [0.4, 0.5) is 5.82 Å². The highest BCUT2D eigenvalue weighted by Crippen LogP contribution is 2.34. The van der Waals surface area contributed by atoms with Gasteiger partial charge >= 0.3 is 0 Å². The van der Waals surface area contributed by atoms with Crippen LogP contribution in [0.15, 0.2) is 0 Å². The minimum atomic E-state index is 0.0781. The zero-order valence-electron chi connectivity index (χ0n) is 8.05. The van der Waals surface area contributed by atoms with Crippen molar-refractivity contribution in [2.75, 3.05) is 18.9 Å². The van der Waals surface area contributed by atoms with E-state index in [1.165, 1.54) is 0 Å². The van der Waals surface area contributed by atoms with Crippen LogP contribution in [0.5, 0.6) is 0 Å². The molecule has 4 heteroatoms. The first kappa shape index (κ1) is 8.56. The van der Waals surface area contributed by atoms with Crippen LogP contribution in [0.1, 0.15) is 24.6 Å². The van der Waals surface area contributed by atoms with Gasteiger partial charge in [0.25, 0.3) is 0 Å². The molecule has 1 aliphatic heterocycles. The molecule has 0 spiro atoms. The molecular weight excluding hydrogens is 166 g/mol. The molecule has 2 rings (SSSR count). The number of hydrogen-bond acceptors (Lipinski definition) is 3. The van der Waals surface area contributed by atoms with Crippen LogP contribution in [0.3, 0.4) is 0 Å². The van der Waals surface area contributed by atoms with Gasteiger partial charge in [-0.05, 0) is 13.3 Å². The lowest BCUT2D eigenvalue weighted by Gasteiger charge is -2.20. The summed E-state index contributed by atoms with van der Waals surface area (Å²) in [5.41, 5.74) is 7.95. The average molecular weight is 181 g/mol. The Morgan fingerprint density at radius 2 is 2.38 bits per heavy atom. The summed E-state index contributed by atoms with van der Waals surface area (Å²) in [6.07, 6.45) is 1.04. The van der Waals surface area contributed by atoms with Crippen molar-refractivity contribution >= 4 is 5.82 Å². The predicted molar refractivity (Wildman–Crippen MR) is 50.5 cm³/mol. The zero-order valence-corrected chi connectivity index (χ0v) is 8.05. The molecule has 1 aromatic heterocycles. The maximum atomic E-state index is 5.68. The van der Waals surface area contributed by atoms with Gasteiger partial charge < -0.3 is 10.5 Å². The number of anilines is 1. The summed E-state index contributed by atoms with van der Waals surface area (Å²) in [5.74, 6) is 0.600. The SMILES string of the molecule is Cc1c(N)n[nH]c1C1(C)CCOC1. The highest BCUT2D eigenvalue weighted by molar-refractivity contribution is 5.43. The number of H-pyrrole nitrogens is 1. The zero-order chi connectivity index (χ0) is 9.47. The lowest BCUT2D eigenvalue weighted by atomic mass is 9.84. The maximum absolute atomic E-state index is 5.68. The summed E-state index contributed by atoms with van der Waals surface area (Å²) in [7, 11) is 0. The molecule has 1 saturated heterocycles. The number of rotatable bonds is 1. The first-order valence-electron chi connectivity index (χ1n) is 4.52. The minimum absolute atomic E-state index is 0.0781. The average Bonchev–Trinajstić information content (AvgIpc) is 2.63. The fourth-order valence-electron chi connectivity index (χ4n) is 1.86. The third kappa shape index (κ3) is 1.21.